The van der Waals surface area contributed by atoms with Crippen molar-refractivity contribution in [2.75, 3.05) is 13.1 Å². The van der Waals surface area contributed by atoms with Gasteiger partial charge in [-0.15, -0.1) is 6.58 Å². The molecule has 0 aliphatic carbocycles. The number of hydrogen-bond acceptors (Lipinski definition) is 1. The molecule has 0 atom stereocenters. The number of rotatable bonds is 8. The smallest absolute Gasteiger partial charge is 0.246 e. The Labute approximate surface area is 100 Å². The van der Waals surface area contributed by atoms with Crippen LogP contribution < -0.4 is 0 Å². The molecule has 92 valence electrons. The van der Waals surface area contributed by atoms with Crippen molar-refractivity contribution in [3.8, 4) is 0 Å². The Bertz CT molecular complexity index is 243. The van der Waals surface area contributed by atoms with Crippen LogP contribution >= 0.6 is 0 Å². The zero-order chi connectivity index (χ0) is 12.6. The summed E-state index contributed by atoms with van der Waals surface area (Å²) in [5.41, 5.74) is 0.301. The van der Waals surface area contributed by atoms with Crippen LogP contribution in [0.3, 0.4) is 0 Å². The lowest BCUT2D eigenvalue weighted by Gasteiger charge is -2.28. The fourth-order valence-corrected chi connectivity index (χ4v) is 1.82. The first-order chi connectivity index (χ1) is 7.46. The van der Waals surface area contributed by atoms with Crippen LogP contribution in [0.5, 0.6) is 0 Å². The van der Waals surface area contributed by atoms with E-state index in [-0.39, 0.29) is 5.91 Å². The molecule has 0 radical (unpaired) electrons. The van der Waals surface area contributed by atoms with Crippen LogP contribution in [-0.2, 0) is 4.79 Å². The number of hydrogen-bond donors (Lipinski definition) is 0. The molecule has 0 aromatic rings. The van der Waals surface area contributed by atoms with Gasteiger partial charge in [0.05, 0.1) is 0 Å². The van der Waals surface area contributed by atoms with Gasteiger partial charge in [-0.1, -0.05) is 39.8 Å². The Morgan fingerprint density at radius 3 is 2.38 bits per heavy atom. The van der Waals surface area contributed by atoms with Crippen molar-refractivity contribution >= 4 is 5.91 Å². The normalized spacial score (nSPS) is 10.9. The molecular weight excluding hydrogens is 198 g/mol. The summed E-state index contributed by atoms with van der Waals surface area (Å²) in [7, 11) is 0. The van der Waals surface area contributed by atoms with Gasteiger partial charge in [0.15, 0.2) is 0 Å². The molecular formula is C14H25NO. The summed E-state index contributed by atoms with van der Waals surface area (Å²) in [5.74, 6) is -0.00722. The molecule has 0 bridgehead atoms. The zero-order valence-corrected chi connectivity index (χ0v) is 11.0. The van der Waals surface area contributed by atoms with E-state index in [0.29, 0.717) is 12.0 Å². The van der Waals surface area contributed by atoms with E-state index in [4.69, 9.17) is 0 Å². The molecule has 0 fully saturated rings. The molecule has 0 rings (SSSR count). The second kappa shape index (κ2) is 7.26. The van der Waals surface area contributed by atoms with Crippen LogP contribution in [-0.4, -0.2) is 23.9 Å². The average molecular weight is 223 g/mol. The molecule has 0 heterocycles. The summed E-state index contributed by atoms with van der Waals surface area (Å²) < 4.78 is 0. The van der Waals surface area contributed by atoms with Gasteiger partial charge in [-0.2, -0.15) is 0 Å². The van der Waals surface area contributed by atoms with Crippen molar-refractivity contribution in [2.45, 2.75) is 40.0 Å². The van der Waals surface area contributed by atoms with Crippen molar-refractivity contribution < 1.29 is 4.79 Å². The third kappa shape index (κ3) is 5.74. The molecule has 0 N–H and O–H groups in total. The Kier molecular flexibility index (Phi) is 6.78. The zero-order valence-electron chi connectivity index (χ0n) is 11.0. The van der Waals surface area contributed by atoms with E-state index in [1.807, 2.05) is 0 Å². The molecule has 0 aromatic heterocycles. The van der Waals surface area contributed by atoms with E-state index < -0.39 is 0 Å². The van der Waals surface area contributed by atoms with Crippen LogP contribution in [0.1, 0.15) is 40.0 Å². The van der Waals surface area contributed by atoms with Gasteiger partial charge >= 0.3 is 0 Å². The number of nitrogens with zero attached hydrogens (tertiary/aromatic N) is 1. The van der Waals surface area contributed by atoms with Crippen molar-refractivity contribution in [3.05, 3.63) is 25.3 Å². The quantitative estimate of drug-likeness (QED) is 0.456. The SMILES string of the molecule is C=CCN(CCC(C)(C)CCC)C(=O)C=C. The lowest BCUT2D eigenvalue weighted by Crippen LogP contribution is -2.33. The first kappa shape index (κ1) is 14.9. The summed E-state index contributed by atoms with van der Waals surface area (Å²) in [4.78, 5) is 13.3. The maximum Gasteiger partial charge on any atom is 0.246 e. The topological polar surface area (TPSA) is 20.3 Å². The van der Waals surface area contributed by atoms with Crippen LogP contribution in [0, 0.1) is 5.41 Å². The highest BCUT2D eigenvalue weighted by atomic mass is 16.2. The predicted molar refractivity (Wildman–Crippen MR) is 70.3 cm³/mol. The van der Waals surface area contributed by atoms with Crippen LogP contribution in [0.2, 0.25) is 0 Å². The van der Waals surface area contributed by atoms with Gasteiger partial charge in [-0.05, 0) is 24.3 Å². The highest BCUT2D eigenvalue weighted by Crippen LogP contribution is 2.26. The second-order valence-electron chi connectivity index (χ2n) is 4.94. The fraction of sp³-hybridized carbons (Fsp3) is 0.643. The monoisotopic (exact) mass is 223 g/mol. The van der Waals surface area contributed by atoms with Crippen LogP contribution in [0.25, 0.3) is 0 Å². The van der Waals surface area contributed by atoms with E-state index in [1.165, 1.54) is 18.9 Å². The number of amides is 1. The molecule has 0 unspecified atom stereocenters. The largest absolute Gasteiger partial charge is 0.335 e. The van der Waals surface area contributed by atoms with Crippen molar-refractivity contribution in [3.63, 3.8) is 0 Å². The minimum absolute atomic E-state index is 0.00722. The molecule has 2 nitrogen and oxygen atoms in total. The predicted octanol–water partition coefficient (Wildman–Crippen LogP) is 3.40. The molecule has 1 amide bonds. The van der Waals surface area contributed by atoms with Gasteiger partial charge in [0, 0.05) is 13.1 Å². The Morgan fingerprint density at radius 2 is 1.94 bits per heavy atom. The van der Waals surface area contributed by atoms with Crippen molar-refractivity contribution in [2.24, 2.45) is 5.41 Å². The minimum Gasteiger partial charge on any atom is -0.335 e. The fourth-order valence-electron chi connectivity index (χ4n) is 1.82. The summed E-state index contributed by atoms with van der Waals surface area (Å²) in [5, 5.41) is 0. The van der Waals surface area contributed by atoms with Gasteiger partial charge in [0.25, 0.3) is 0 Å². The molecule has 2 heteroatoms. The van der Waals surface area contributed by atoms with Crippen LogP contribution in [0.4, 0.5) is 0 Å². The number of carbonyl (C=O) groups excluding carboxylic acids is 1. The third-order valence-corrected chi connectivity index (χ3v) is 2.82. The molecule has 0 spiro atoms. The first-order valence-corrected chi connectivity index (χ1v) is 5.99. The van der Waals surface area contributed by atoms with Gasteiger partial charge < -0.3 is 4.90 Å². The maximum absolute atomic E-state index is 11.5. The van der Waals surface area contributed by atoms with Gasteiger partial charge in [-0.3, -0.25) is 4.79 Å². The Balaban J connectivity index is 4.25. The van der Waals surface area contributed by atoms with E-state index in [2.05, 4.69) is 33.9 Å². The summed E-state index contributed by atoms with van der Waals surface area (Å²) in [6, 6.07) is 0. The maximum atomic E-state index is 11.5. The van der Waals surface area contributed by atoms with Crippen LogP contribution in [0.15, 0.2) is 25.3 Å². The molecule has 0 saturated heterocycles. The summed E-state index contributed by atoms with van der Waals surface area (Å²) in [6.07, 6.45) is 6.53. The lowest BCUT2D eigenvalue weighted by molar-refractivity contribution is -0.125. The van der Waals surface area contributed by atoms with E-state index in [9.17, 15) is 4.79 Å². The minimum atomic E-state index is -0.00722. The Morgan fingerprint density at radius 1 is 1.31 bits per heavy atom. The molecule has 0 aromatic carbocycles. The van der Waals surface area contributed by atoms with Gasteiger partial charge in [-0.25, -0.2) is 0 Å². The molecule has 0 aliphatic heterocycles. The molecule has 16 heavy (non-hydrogen) atoms. The number of carbonyl (C=O) groups is 1. The Hall–Kier alpha value is -1.05. The first-order valence-electron chi connectivity index (χ1n) is 5.99. The van der Waals surface area contributed by atoms with Crippen molar-refractivity contribution in [1.29, 1.82) is 0 Å². The average Bonchev–Trinajstić information content (AvgIpc) is 2.23. The van der Waals surface area contributed by atoms with E-state index >= 15 is 0 Å². The lowest BCUT2D eigenvalue weighted by atomic mass is 9.84. The van der Waals surface area contributed by atoms with Gasteiger partial charge in [0.2, 0.25) is 5.91 Å². The highest BCUT2D eigenvalue weighted by molar-refractivity contribution is 5.87. The third-order valence-electron chi connectivity index (χ3n) is 2.82. The molecule has 0 aliphatic rings. The summed E-state index contributed by atoms with van der Waals surface area (Å²) in [6.45, 7) is 15.3. The van der Waals surface area contributed by atoms with Crippen molar-refractivity contribution in [1.82, 2.24) is 4.90 Å². The highest BCUT2D eigenvalue weighted by Gasteiger charge is 2.19. The molecule has 0 saturated carbocycles. The van der Waals surface area contributed by atoms with E-state index in [0.717, 1.165) is 13.0 Å². The van der Waals surface area contributed by atoms with Gasteiger partial charge in [0.1, 0.15) is 0 Å². The van der Waals surface area contributed by atoms with E-state index in [1.54, 1.807) is 11.0 Å². The summed E-state index contributed by atoms with van der Waals surface area (Å²) >= 11 is 0. The standard InChI is InChI=1S/C14H25NO/c1-6-9-14(4,5)10-12-15(11-7-2)13(16)8-3/h7-8H,2-3,6,9-12H2,1,4-5H3. The second-order valence-corrected chi connectivity index (χ2v) is 4.94.